The highest BCUT2D eigenvalue weighted by Crippen LogP contribution is 2.26. The minimum Gasteiger partial charge on any atom is -0.478 e. The van der Waals surface area contributed by atoms with E-state index in [1.165, 1.54) is 0 Å². The Morgan fingerprint density at radius 3 is 2.46 bits per heavy atom. The SMILES string of the molecule is CCOc1nc(CC)c(CN)n1Cc1ccc(-c2ccccc2C(=O)O)cc1. The molecule has 146 valence electrons. The summed E-state index contributed by atoms with van der Waals surface area (Å²) in [7, 11) is 0. The highest BCUT2D eigenvalue weighted by atomic mass is 16.5. The van der Waals surface area contributed by atoms with Gasteiger partial charge in [0, 0.05) is 6.54 Å². The smallest absolute Gasteiger partial charge is 0.336 e. The van der Waals surface area contributed by atoms with Crippen molar-refractivity contribution in [3.05, 3.63) is 71.0 Å². The van der Waals surface area contributed by atoms with Gasteiger partial charge in [0.05, 0.1) is 30.1 Å². The van der Waals surface area contributed by atoms with Crippen molar-refractivity contribution in [2.24, 2.45) is 5.73 Å². The zero-order chi connectivity index (χ0) is 20.1. The van der Waals surface area contributed by atoms with Gasteiger partial charge in [-0.25, -0.2) is 4.79 Å². The molecule has 2 aromatic carbocycles. The van der Waals surface area contributed by atoms with Gasteiger partial charge in [-0.05, 0) is 36.1 Å². The molecule has 28 heavy (non-hydrogen) atoms. The first-order valence-electron chi connectivity index (χ1n) is 9.41. The van der Waals surface area contributed by atoms with Crippen LogP contribution in [0.5, 0.6) is 6.01 Å². The van der Waals surface area contributed by atoms with Gasteiger partial charge < -0.3 is 15.6 Å². The number of aromatic nitrogens is 2. The van der Waals surface area contributed by atoms with Gasteiger partial charge in [0.2, 0.25) is 0 Å². The molecule has 0 aliphatic heterocycles. The van der Waals surface area contributed by atoms with E-state index in [0.717, 1.165) is 28.9 Å². The van der Waals surface area contributed by atoms with E-state index in [0.29, 0.717) is 36.8 Å². The third-order valence-corrected chi connectivity index (χ3v) is 4.69. The van der Waals surface area contributed by atoms with Crippen LogP contribution >= 0.6 is 0 Å². The zero-order valence-electron chi connectivity index (χ0n) is 16.2. The van der Waals surface area contributed by atoms with E-state index in [-0.39, 0.29) is 0 Å². The number of rotatable bonds is 8. The molecule has 0 fully saturated rings. The summed E-state index contributed by atoms with van der Waals surface area (Å²) in [5, 5.41) is 9.40. The molecule has 0 aliphatic carbocycles. The summed E-state index contributed by atoms with van der Waals surface area (Å²) in [5.41, 5.74) is 10.8. The molecule has 0 amide bonds. The van der Waals surface area contributed by atoms with E-state index in [2.05, 4.69) is 11.9 Å². The Hall–Kier alpha value is -3.12. The van der Waals surface area contributed by atoms with Crippen LogP contribution < -0.4 is 10.5 Å². The molecule has 0 aliphatic rings. The van der Waals surface area contributed by atoms with Crippen molar-refractivity contribution in [2.75, 3.05) is 6.61 Å². The lowest BCUT2D eigenvalue weighted by Gasteiger charge is -2.12. The molecule has 3 N–H and O–H groups in total. The Balaban J connectivity index is 1.92. The first kappa shape index (κ1) is 19.6. The van der Waals surface area contributed by atoms with Crippen molar-refractivity contribution in [1.82, 2.24) is 9.55 Å². The molecule has 1 aromatic heterocycles. The van der Waals surface area contributed by atoms with Crippen LogP contribution in [-0.2, 0) is 19.5 Å². The van der Waals surface area contributed by atoms with Crippen LogP contribution in [0.25, 0.3) is 11.1 Å². The second-order valence-corrected chi connectivity index (χ2v) is 6.41. The predicted molar refractivity (Wildman–Crippen MR) is 109 cm³/mol. The summed E-state index contributed by atoms with van der Waals surface area (Å²) < 4.78 is 7.72. The molecule has 0 radical (unpaired) electrons. The number of hydrogen-bond acceptors (Lipinski definition) is 4. The number of benzene rings is 2. The summed E-state index contributed by atoms with van der Waals surface area (Å²) in [6.07, 6.45) is 0.796. The van der Waals surface area contributed by atoms with Gasteiger partial charge in [-0.2, -0.15) is 4.98 Å². The predicted octanol–water partition coefficient (Wildman–Crippen LogP) is 3.72. The largest absolute Gasteiger partial charge is 0.478 e. The number of aromatic carboxylic acids is 1. The van der Waals surface area contributed by atoms with Gasteiger partial charge in [0.15, 0.2) is 0 Å². The molecule has 3 aromatic rings. The summed E-state index contributed by atoms with van der Waals surface area (Å²) in [4.78, 5) is 16.0. The quantitative estimate of drug-likeness (QED) is 0.622. The number of hydrogen-bond donors (Lipinski definition) is 2. The van der Waals surface area contributed by atoms with Gasteiger partial charge in [-0.3, -0.25) is 4.57 Å². The summed E-state index contributed by atoms with van der Waals surface area (Å²) in [6.45, 7) is 5.51. The lowest BCUT2D eigenvalue weighted by atomic mass is 9.99. The van der Waals surface area contributed by atoms with Gasteiger partial charge in [-0.15, -0.1) is 0 Å². The molecule has 6 heteroatoms. The lowest BCUT2D eigenvalue weighted by molar-refractivity contribution is 0.0697. The monoisotopic (exact) mass is 379 g/mol. The van der Waals surface area contributed by atoms with Gasteiger partial charge in [0.25, 0.3) is 6.01 Å². The first-order valence-corrected chi connectivity index (χ1v) is 9.41. The third kappa shape index (κ3) is 3.92. The average Bonchev–Trinajstić information content (AvgIpc) is 3.05. The van der Waals surface area contributed by atoms with Crippen molar-refractivity contribution in [3.8, 4) is 17.1 Å². The molecule has 6 nitrogen and oxygen atoms in total. The van der Waals surface area contributed by atoms with E-state index < -0.39 is 5.97 Å². The molecular formula is C22H25N3O3. The van der Waals surface area contributed by atoms with E-state index in [4.69, 9.17) is 10.5 Å². The summed E-state index contributed by atoms with van der Waals surface area (Å²) in [5.74, 6) is -0.931. The normalized spacial score (nSPS) is 10.8. The highest BCUT2D eigenvalue weighted by Gasteiger charge is 2.16. The summed E-state index contributed by atoms with van der Waals surface area (Å²) in [6, 6.07) is 15.5. The fourth-order valence-electron chi connectivity index (χ4n) is 3.32. The van der Waals surface area contributed by atoms with Crippen LogP contribution in [0.1, 0.15) is 41.2 Å². The number of carboxylic acid groups (broad SMARTS) is 1. The fourth-order valence-corrected chi connectivity index (χ4v) is 3.32. The van der Waals surface area contributed by atoms with Gasteiger partial charge >= 0.3 is 5.97 Å². The maximum Gasteiger partial charge on any atom is 0.336 e. The van der Waals surface area contributed by atoms with Crippen LogP contribution in [0.2, 0.25) is 0 Å². The number of ether oxygens (including phenoxy) is 1. The average molecular weight is 379 g/mol. The van der Waals surface area contributed by atoms with Gasteiger partial charge in [-0.1, -0.05) is 49.4 Å². The van der Waals surface area contributed by atoms with E-state index in [1.807, 2.05) is 47.9 Å². The Bertz CT molecular complexity index is 962. The number of nitrogens with zero attached hydrogens (tertiary/aromatic N) is 2. The molecule has 0 bridgehead atoms. The van der Waals surface area contributed by atoms with Gasteiger partial charge in [0.1, 0.15) is 0 Å². The Morgan fingerprint density at radius 2 is 1.86 bits per heavy atom. The molecule has 1 heterocycles. The molecule has 0 saturated heterocycles. The molecule has 0 spiro atoms. The maximum absolute atomic E-state index is 11.5. The number of carbonyl (C=O) groups is 1. The number of aryl methyl sites for hydroxylation is 1. The maximum atomic E-state index is 11.5. The topological polar surface area (TPSA) is 90.4 Å². The van der Waals surface area contributed by atoms with Crippen LogP contribution in [0.15, 0.2) is 48.5 Å². The van der Waals surface area contributed by atoms with Crippen LogP contribution in [0.3, 0.4) is 0 Å². The molecule has 0 atom stereocenters. The van der Waals surface area contributed by atoms with Crippen molar-refractivity contribution in [2.45, 2.75) is 33.4 Å². The Kier molecular flexibility index (Phi) is 6.11. The molecular weight excluding hydrogens is 354 g/mol. The lowest BCUT2D eigenvalue weighted by Crippen LogP contribution is -2.12. The van der Waals surface area contributed by atoms with E-state index >= 15 is 0 Å². The minimum atomic E-state index is -0.931. The third-order valence-electron chi connectivity index (χ3n) is 4.69. The number of carboxylic acids is 1. The van der Waals surface area contributed by atoms with Crippen molar-refractivity contribution >= 4 is 5.97 Å². The number of nitrogens with two attached hydrogens (primary N) is 1. The van der Waals surface area contributed by atoms with Crippen molar-refractivity contribution in [1.29, 1.82) is 0 Å². The van der Waals surface area contributed by atoms with Crippen molar-refractivity contribution < 1.29 is 14.6 Å². The second kappa shape index (κ2) is 8.71. The van der Waals surface area contributed by atoms with E-state index in [1.54, 1.807) is 12.1 Å². The first-order chi connectivity index (χ1) is 13.6. The van der Waals surface area contributed by atoms with Crippen LogP contribution in [0, 0.1) is 0 Å². The standard InChI is InChI=1S/C22H25N3O3/c1-3-19-20(13-23)25(22(24-19)28-4-2)14-15-9-11-16(12-10-15)17-7-5-6-8-18(17)21(26)27/h5-12H,3-4,13-14,23H2,1-2H3,(H,26,27). The molecule has 0 saturated carbocycles. The van der Waals surface area contributed by atoms with Crippen LogP contribution in [-0.4, -0.2) is 27.2 Å². The summed E-state index contributed by atoms with van der Waals surface area (Å²) >= 11 is 0. The Morgan fingerprint density at radius 1 is 1.14 bits per heavy atom. The Labute approximate surface area is 164 Å². The number of imidazole rings is 1. The van der Waals surface area contributed by atoms with E-state index in [9.17, 15) is 9.90 Å². The highest BCUT2D eigenvalue weighted by molar-refractivity contribution is 5.95. The molecule has 0 unspecified atom stereocenters. The van der Waals surface area contributed by atoms with Crippen molar-refractivity contribution in [3.63, 3.8) is 0 Å². The minimum absolute atomic E-state index is 0.293. The second-order valence-electron chi connectivity index (χ2n) is 6.41. The molecule has 3 rings (SSSR count). The fraction of sp³-hybridized carbons (Fsp3) is 0.273. The zero-order valence-corrected chi connectivity index (χ0v) is 16.2. The van der Waals surface area contributed by atoms with Crippen LogP contribution in [0.4, 0.5) is 0 Å².